The van der Waals surface area contributed by atoms with E-state index in [0.29, 0.717) is 5.92 Å². The van der Waals surface area contributed by atoms with Crippen LogP contribution in [0, 0.1) is 0 Å². The highest BCUT2D eigenvalue weighted by Gasteiger charge is 2.20. The molecule has 1 atom stereocenters. The molecule has 2 heterocycles. The van der Waals surface area contributed by atoms with E-state index in [-0.39, 0.29) is 0 Å². The van der Waals surface area contributed by atoms with Crippen molar-refractivity contribution in [3.05, 3.63) is 59.7 Å². The van der Waals surface area contributed by atoms with Crippen molar-refractivity contribution in [2.75, 3.05) is 44.2 Å². The fourth-order valence-electron chi connectivity index (χ4n) is 4.73. The molecule has 2 aromatic rings. The summed E-state index contributed by atoms with van der Waals surface area (Å²) in [7, 11) is 0. The van der Waals surface area contributed by atoms with Crippen LogP contribution in [0.15, 0.2) is 48.5 Å². The molecule has 0 radical (unpaired) electrons. The van der Waals surface area contributed by atoms with Gasteiger partial charge >= 0.3 is 0 Å². The van der Waals surface area contributed by atoms with Gasteiger partial charge in [-0.3, -0.25) is 0 Å². The minimum Gasteiger partial charge on any atom is -0.494 e. The molecule has 3 nitrogen and oxygen atoms in total. The lowest BCUT2D eigenvalue weighted by molar-refractivity contribution is 0.205. The molecule has 2 aliphatic heterocycles. The van der Waals surface area contributed by atoms with Crippen molar-refractivity contribution in [2.45, 2.75) is 51.4 Å². The number of ether oxygens (including phenoxy) is 1. The van der Waals surface area contributed by atoms with E-state index in [2.05, 4.69) is 65.3 Å². The van der Waals surface area contributed by atoms with Gasteiger partial charge in [0.05, 0.1) is 6.61 Å². The molecule has 0 N–H and O–H groups in total. The molecule has 3 heteroatoms. The molecular formula is C26H36N2O. The van der Waals surface area contributed by atoms with E-state index in [4.69, 9.17) is 4.74 Å². The first kappa shape index (κ1) is 20.3. The smallest absolute Gasteiger partial charge is 0.119 e. The molecule has 0 aromatic heterocycles. The van der Waals surface area contributed by atoms with Crippen molar-refractivity contribution in [1.29, 1.82) is 0 Å². The van der Waals surface area contributed by atoms with Crippen LogP contribution < -0.4 is 9.64 Å². The summed E-state index contributed by atoms with van der Waals surface area (Å²) in [5.41, 5.74) is 4.30. The molecule has 2 aliphatic rings. The van der Waals surface area contributed by atoms with Gasteiger partial charge in [-0.1, -0.05) is 43.7 Å². The summed E-state index contributed by atoms with van der Waals surface area (Å²) in [6.07, 6.45) is 7.60. The first-order valence-corrected chi connectivity index (χ1v) is 11.6. The number of piperidine rings is 1. The zero-order valence-electron chi connectivity index (χ0n) is 18.0. The van der Waals surface area contributed by atoms with E-state index in [1.807, 2.05) is 0 Å². The minimum absolute atomic E-state index is 0.600. The van der Waals surface area contributed by atoms with Crippen LogP contribution in [0.1, 0.15) is 56.1 Å². The average Bonchev–Trinajstić information content (AvgIpc) is 3.18. The zero-order chi connectivity index (χ0) is 19.9. The van der Waals surface area contributed by atoms with Crippen molar-refractivity contribution >= 4 is 5.69 Å². The maximum Gasteiger partial charge on any atom is 0.119 e. The lowest BCUT2D eigenvalue weighted by Crippen LogP contribution is -2.31. The summed E-state index contributed by atoms with van der Waals surface area (Å²) in [6.45, 7) is 9.16. The van der Waals surface area contributed by atoms with E-state index in [9.17, 15) is 0 Å². The Morgan fingerprint density at radius 1 is 0.931 bits per heavy atom. The predicted octanol–water partition coefficient (Wildman–Crippen LogP) is 5.50. The minimum atomic E-state index is 0.600. The third-order valence-corrected chi connectivity index (χ3v) is 6.58. The van der Waals surface area contributed by atoms with Crippen LogP contribution in [0.2, 0.25) is 0 Å². The van der Waals surface area contributed by atoms with Gasteiger partial charge in [-0.2, -0.15) is 0 Å². The van der Waals surface area contributed by atoms with Gasteiger partial charge in [-0.25, -0.2) is 0 Å². The molecule has 2 aromatic carbocycles. The Balaban J connectivity index is 1.23. The average molecular weight is 393 g/mol. The molecule has 0 amide bonds. The maximum absolute atomic E-state index is 6.07. The van der Waals surface area contributed by atoms with Crippen LogP contribution >= 0.6 is 0 Å². The summed E-state index contributed by atoms with van der Waals surface area (Å²) >= 11 is 0. The second-order valence-corrected chi connectivity index (χ2v) is 8.73. The second kappa shape index (κ2) is 10.2. The lowest BCUT2D eigenvalue weighted by atomic mass is 9.98. The SMILES string of the molecule is C[C@@H](CCN1CCc2cc(OCCCN3CCCCC3)ccc21)c1ccccc1. The largest absolute Gasteiger partial charge is 0.494 e. The Bertz CT molecular complexity index is 755. The van der Waals surface area contributed by atoms with Gasteiger partial charge in [0.15, 0.2) is 0 Å². The van der Waals surface area contributed by atoms with Gasteiger partial charge in [0.25, 0.3) is 0 Å². The van der Waals surface area contributed by atoms with Crippen LogP contribution in [0.25, 0.3) is 0 Å². The van der Waals surface area contributed by atoms with Crippen molar-refractivity contribution in [1.82, 2.24) is 4.90 Å². The molecular weight excluding hydrogens is 356 g/mol. The number of anilines is 1. The maximum atomic E-state index is 6.07. The van der Waals surface area contributed by atoms with Gasteiger partial charge < -0.3 is 14.5 Å². The van der Waals surface area contributed by atoms with Crippen molar-refractivity contribution < 1.29 is 4.74 Å². The Labute approximate surface area is 176 Å². The van der Waals surface area contributed by atoms with Gasteiger partial charge in [0.1, 0.15) is 5.75 Å². The van der Waals surface area contributed by atoms with Gasteiger partial charge in [-0.15, -0.1) is 0 Å². The Kier molecular flexibility index (Phi) is 7.10. The van der Waals surface area contributed by atoms with Gasteiger partial charge in [0, 0.05) is 25.3 Å². The zero-order valence-corrected chi connectivity index (χ0v) is 18.0. The van der Waals surface area contributed by atoms with Crippen LogP contribution in [-0.4, -0.2) is 44.2 Å². The summed E-state index contributed by atoms with van der Waals surface area (Å²) in [6, 6.07) is 17.6. The molecule has 1 saturated heterocycles. The quantitative estimate of drug-likeness (QED) is 0.524. The topological polar surface area (TPSA) is 15.7 Å². The normalized spacial score (nSPS) is 17.9. The summed E-state index contributed by atoms with van der Waals surface area (Å²) in [5, 5.41) is 0. The number of hydrogen-bond acceptors (Lipinski definition) is 3. The van der Waals surface area contributed by atoms with Crippen molar-refractivity contribution in [3.63, 3.8) is 0 Å². The van der Waals surface area contributed by atoms with E-state index in [1.54, 1.807) is 0 Å². The van der Waals surface area contributed by atoms with Crippen molar-refractivity contribution in [3.8, 4) is 5.75 Å². The number of likely N-dealkylation sites (tertiary alicyclic amines) is 1. The lowest BCUT2D eigenvalue weighted by Gasteiger charge is -2.26. The molecule has 156 valence electrons. The van der Waals surface area contributed by atoms with Gasteiger partial charge in [0.2, 0.25) is 0 Å². The van der Waals surface area contributed by atoms with Crippen molar-refractivity contribution in [2.24, 2.45) is 0 Å². The third kappa shape index (κ3) is 5.54. The third-order valence-electron chi connectivity index (χ3n) is 6.58. The molecule has 4 rings (SSSR count). The highest BCUT2D eigenvalue weighted by atomic mass is 16.5. The molecule has 0 bridgehead atoms. The Morgan fingerprint density at radius 2 is 1.76 bits per heavy atom. The first-order chi connectivity index (χ1) is 14.3. The second-order valence-electron chi connectivity index (χ2n) is 8.73. The van der Waals surface area contributed by atoms with E-state index in [0.717, 1.165) is 38.3 Å². The van der Waals surface area contributed by atoms with E-state index in [1.165, 1.54) is 62.1 Å². The van der Waals surface area contributed by atoms with Crippen LogP contribution in [0.3, 0.4) is 0 Å². The number of rotatable bonds is 9. The predicted molar refractivity (Wildman–Crippen MR) is 122 cm³/mol. The molecule has 1 fully saturated rings. The van der Waals surface area contributed by atoms with Crippen LogP contribution in [-0.2, 0) is 6.42 Å². The van der Waals surface area contributed by atoms with Crippen LogP contribution in [0.5, 0.6) is 5.75 Å². The Morgan fingerprint density at radius 3 is 2.59 bits per heavy atom. The van der Waals surface area contributed by atoms with Gasteiger partial charge in [-0.05, 0) is 80.4 Å². The monoisotopic (exact) mass is 392 g/mol. The highest BCUT2D eigenvalue weighted by molar-refractivity contribution is 5.60. The molecule has 0 spiro atoms. The molecule has 0 aliphatic carbocycles. The number of hydrogen-bond donors (Lipinski definition) is 0. The summed E-state index contributed by atoms with van der Waals surface area (Å²) in [4.78, 5) is 5.14. The van der Waals surface area contributed by atoms with E-state index < -0.39 is 0 Å². The summed E-state index contributed by atoms with van der Waals surface area (Å²) < 4.78 is 6.07. The first-order valence-electron chi connectivity index (χ1n) is 11.6. The standard InChI is InChI=1S/C26H36N2O/c1-22(23-9-4-2-5-10-23)13-18-28-19-14-24-21-25(11-12-26(24)28)29-20-8-17-27-15-6-3-7-16-27/h2,4-5,9-12,21-22H,3,6-8,13-20H2,1H3/t22-/m0/s1. The molecule has 0 unspecified atom stereocenters. The Hall–Kier alpha value is -2.00. The number of nitrogens with zero attached hydrogens (tertiary/aromatic N) is 2. The fourth-order valence-corrected chi connectivity index (χ4v) is 4.73. The summed E-state index contributed by atoms with van der Waals surface area (Å²) in [5.74, 6) is 1.64. The molecule has 29 heavy (non-hydrogen) atoms. The fraction of sp³-hybridized carbons (Fsp3) is 0.538. The number of fused-ring (bicyclic) bond motifs is 1. The van der Waals surface area contributed by atoms with Crippen LogP contribution in [0.4, 0.5) is 5.69 Å². The van der Waals surface area contributed by atoms with E-state index >= 15 is 0 Å². The number of benzene rings is 2. The highest BCUT2D eigenvalue weighted by Crippen LogP contribution is 2.32. The molecule has 0 saturated carbocycles.